The number of rotatable bonds is 5. The lowest BCUT2D eigenvalue weighted by Gasteiger charge is -1.99. The van der Waals surface area contributed by atoms with E-state index < -0.39 is 0 Å². The van der Waals surface area contributed by atoms with Crippen LogP contribution in [0.25, 0.3) is 11.3 Å². The quantitative estimate of drug-likeness (QED) is 0.665. The van der Waals surface area contributed by atoms with Crippen LogP contribution in [0.2, 0.25) is 0 Å². The molecule has 0 unspecified atom stereocenters. The monoisotopic (exact) mass is 317 g/mol. The summed E-state index contributed by atoms with van der Waals surface area (Å²) in [6.07, 6.45) is 5.97. The third kappa shape index (κ3) is 3.65. The van der Waals surface area contributed by atoms with E-state index in [2.05, 4.69) is 15.0 Å². The molecule has 0 N–H and O–H groups in total. The van der Waals surface area contributed by atoms with Crippen LogP contribution in [-0.2, 0) is 6.42 Å². The molecule has 3 rings (SSSR count). The number of aryl methyl sites for hydroxylation is 1. The van der Waals surface area contributed by atoms with E-state index in [4.69, 9.17) is 0 Å². The average molecular weight is 317 g/mol. The minimum atomic E-state index is -0.237. The molecule has 0 aliphatic rings. The maximum atomic E-state index is 13.7. The van der Waals surface area contributed by atoms with Crippen molar-refractivity contribution in [1.29, 1.82) is 0 Å². The van der Waals surface area contributed by atoms with E-state index in [9.17, 15) is 4.39 Å². The number of benzene rings is 1. The van der Waals surface area contributed by atoms with Crippen molar-refractivity contribution in [3.63, 3.8) is 0 Å². The van der Waals surface area contributed by atoms with Gasteiger partial charge in [-0.3, -0.25) is 9.97 Å². The maximum Gasteiger partial charge on any atom is 0.150 e. The van der Waals surface area contributed by atoms with Gasteiger partial charge in [-0.1, -0.05) is 23.9 Å². The van der Waals surface area contributed by atoms with E-state index in [0.717, 1.165) is 22.2 Å². The Morgan fingerprint density at radius 2 is 2.10 bits per heavy atom. The molecule has 106 valence electrons. The summed E-state index contributed by atoms with van der Waals surface area (Å²) in [6.45, 7) is 0. The lowest BCUT2D eigenvalue weighted by Crippen LogP contribution is -1.92. The van der Waals surface area contributed by atoms with Crippen molar-refractivity contribution in [2.45, 2.75) is 10.8 Å². The molecule has 0 spiro atoms. The predicted octanol–water partition coefficient (Wildman–Crippen LogP) is 4.07. The molecule has 3 nitrogen and oxygen atoms in total. The van der Waals surface area contributed by atoms with Gasteiger partial charge in [0.15, 0.2) is 4.34 Å². The highest BCUT2D eigenvalue weighted by Gasteiger charge is 2.09. The zero-order chi connectivity index (χ0) is 14.5. The molecule has 0 amide bonds. The van der Waals surface area contributed by atoms with Crippen LogP contribution in [0.4, 0.5) is 4.39 Å². The van der Waals surface area contributed by atoms with E-state index >= 15 is 0 Å². The van der Waals surface area contributed by atoms with Gasteiger partial charge in [0.05, 0.1) is 11.4 Å². The third-order valence-corrected chi connectivity index (χ3v) is 4.86. The smallest absolute Gasteiger partial charge is 0.150 e. The normalized spacial score (nSPS) is 10.7. The summed E-state index contributed by atoms with van der Waals surface area (Å²) in [5.41, 5.74) is 2.21. The lowest BCUT2D eigenvalue weighted by atomic mass is 10.2. The topological polar surface area (TPSA) is 38.7 Å². The Morgan fingerprint density at radius 1 is 1.19 bits per heavy atom. The van der Waals surface area contributed by atoms with Crippen LogP contribution in [0.3, 0.4) is 0 Å². The predicted molar refractivity (Wildman–Crippen MR) is 84.0 cm³/mol. The number of hydrogen-bond donors (Lipinski definition) is 0. The van der Waals surface area contributed by atoms with Gasteiger partial charge in [-0.15, -0.1) is 11.3 Å². The highest BCUT2D eigenvalue weighted by Crippen LogP contribution is 2.29. The van der Waals surface area contributed by atoms with E-state index in [0.29, 0.717) is 11.3 Å². The second-order valence-corrected chi connectivity index (χ2v) is 6.47. The molecule has 21 heavy (non-hydrogen) atoms. The Labute approximate surface area is 130 Å². The summed E-state index contributed by atoms with van der Waals surface area (Å²) in [5, 5.41) is 1.89. The molecule has 0 saturated heterocycles. The number of aromatic nitrogens is 3. The van der Waals surface area contributed by atoms with E-state index in [-0.39, 0.29) is 5.82 Å². The standard InChI is InChI=1S/C15H12FN3S2/c16-13-4-2-1-3-12(13)14-10-21-15(19-14)20-8-5-11-9-17-6-7-18-11/h1-4,6-7,9-10H,5,8H2. The molecule has 0 bridgehead atoms. The Bertz CT molecular complexity index is 716. The van der Waals surface area contributed by atoms with Crippen LogP contribution in [-0.4, -0.2) is 20.7 Å². The third-order valence-electron chi connectivity index (χ3n) is 2.83. The van der Waals surface area contributed by atoms with Crippen LogP contribution in [0.5, 0.6) is 0 Å². The highest BCUT2D eigenvalue weighted by atomic mass is 32.2. The maximum absolute atomic E-state index is 13.7. The van der Waals surface area contributed by atoms with Gasteiger partial charge >= 0.3 is 0 Å². The van der Waals surface area contributed by atoms with Crippen LogP contribution in [0.1, 0.15) is 5.69 Å². The van der Waals surface area contributed by atoms with Crippen LogP contribution < -0.4 is 0 Å². The minimum Gasteiger partial charge on any atom is -0.261 e. The molecule has 3 aromatic rings. The van der Waals surface area contributed by atoms with Gasteiger partial charge in [0.2, 0.25) is 0 Å². The van der Waals surface area contributed by atoms with Crippen molar-refractivity contribution in [2.24, 2.45) is 0 Å². The fourth-order valence-electron chi connectivity index (χ4n) is 1.82. The second kappa shape index (κ2) is 6.78. The molecule has 6 heteroatoms. The average Bonchev–Trinajstić information content (AvgIpc) is 2.97. The molecule has 0 fully saturated rings. The number of thiazole rings is 1. The van der Waals surface area contributed by atoms with Crippen molar-refractivity contribution in [1.82, 2.24) is 15.0 Å². The van der Waals surface area contributed by atoms with Gasteiger partial charge in [-0.2, -0.15) is 0 Å². The summed E-state index contributed by atoms with van der Waals surface area (Å²) < 4.78 is 14.6. The molecule has 0 atom stereocenters. The fourth-order valence-corrected chi connectivity index (χ4v) is 3.68. The van der Waals surface area contributed by atoms with Crippen LogP contribution in [0.15, 0.2) is 52.6 Å². The van der Waals surface area contributed by atoms with Gasteiger partial charge in [-0.25, -0.2) is 9.37 Å². The van der Waals surface area contributed by atoms with Gasteiger partial charge in [0.1, 0.15) is 5.82 Å². The summed E-state index contributed by atoms with van der Waals surface area (Å²) in [4.78, 5) is 12.7. The van der Waals surface area contributed by atoms with Crippen LogP contribution in [0, 0.1) is 5.82 Å². The zero-order valence-electron chi connectivity index (χ0n) is 11.1. The Hall–Kier alpha value is -1.79. The summed E-state index contributed by atoms with van der Waals surface area (Å²) in [6, 6.07) is 6.70. The van der Waals surface area contributed by atoms with Crippen molar-refractivity contribution in [2.75, 3.05) is 5.75 Å². The molecular formula is C15H12FN3S2. The van der Waals surface area contributed by atoms with Gasteiger partial charge < -0.3 is 0 Å². The van der Waals surface area contributed by atoms with Crippen molar-refractivity contribution < 1.29 is 4.39 Å². The first-order valence-corrected chi connectivity index (χ1v) is 8.27. The second-order valence-electron chi connectivity index (χ2n) is 4.27. The molecular weight excluding hydrogens is 305 g/mol. The largest absolute Gasteiger partial charge is 0.261 e. The molecule has 2 heterocycles. The van der Waals surface area contributed by atoms with E-state index in [1.165, 1.54) is 17.4 Å². The lowest BCUT2D eigenvalue weighted by molar-refractivity contribution is 0.631. The summed E-state index contributed by atoms with van der Waals surface area (Å²) in [7, 11) is 0. The molecule has 0 aliphatic heterocycles. The molecule has 0 saturated carbocycles. The number of halogens is 1. The molecule has 0 aliphatic carbocycles. The summed E-state index contributed by atoms with van der Waals surface area (Å²) >= 11 is 3.19. The van der Waals surface area contributed by atoms with Gasteiger partial charge in [-0.05, 0) is 12.1 Å². The van der Waals surface area contributed by atoms with E-state index in [1.807, 2.05) is 11.4 Å². The molecule has 2 aromatic heterocycles. The van der Waals surface area contributed by atoms with Crippen LogP contribution >= 0.6 is 23.1 Å². The first kappa shape index (κ1) is 14.2. The van der Waals surface area contributed by atoms with Crippen molar-refractivity contribution >= 4 is 23.1 Å². The first-order valence-electron chi connectivity index (χ1n) is 6.41. The number of nitrogens with zero attached hydrogens (tertiary/aromatic N) is 3. The van der Waals surface area contributed by atoms with E-state index in [1.54, 1.807) is 42.5 Å². The molecule has 0 radical (unpaired) electrons. The Morgan fingerprint density at radius 3 is 2.90 bits per heavy atom. The summed E-state index contributed by atoms with van der Waals surface area (Å²) in [5.74, 6) is 0.641. The first-order chi connectivity index (χ1) is 10.3. The van der Waals surface area contributed by atoms with Gasteiger partial charge in [0.25, 0.3) is 0 Å². The number of thioether (sulfide) groups is 1. The van der Waals surface area contributed by atoms with Gasteiger partial charge in [0, 0.05) is 41.7 Å². The molecule has 1 aromatic carbocycles. The Balaban J connectivity index is 1.62. The number of hydrogen-bond acceptors (Lipinski definition) is 5. The fraction of sp³-hybridized carbons (Fsp3) is 0.133. The Kier molecular flexibility index (Phi) is 4.57. The highest BCUT2D eigenvalue weighted by molar-refractivity contribution is 8.01. The SMILES string of the molecule is Fc1ccccc1-c1csc(SCCc2cnccn2)n1. The minimum absolute atomic E-state index is 0.237. The zero-order valence-corrected chi connectivity index (χ0v) is 12.7. The van der Waals surface area contributed by atoms with Crippen molar-refractivity contribution in [3.05, 3.63) is 59.7 Å². The van der Waals surface area contributed by atoms with Crippen molar-refractivity contribution in [3.8, 4) is 11.3 Å².